The summed E-state index contributed by atoms with van der Waals surface area (Å²) in [4.78, 5) is 24.4. The van der Waals surface area contributed by atoms with Crippen LogP contribution in [0.5, 0.6) is 0 Å². The van der Waals surface area contributed by atoms with Gasteiger partial charge in [-0.3, -0.25) is 9.59 Å². The number of aliphatic hydroxyl groups is 1. The Hall–Kier alpha value is -2.34. The second kappa shape index (κ2) is 12.3. The zero-order valence-electron chi connectivity index (χ0n) is 17.6. The number of allylic oxidation sites excluding steroid dienone is 2. The van der Waals surface area contributed by atoms with E-state index in [4.69, 9.17) is 0 Å². The van der Waals surface area contributed by atoms with E-state index >= 15 is 0 Å². The zero-order chi connectivity index (χ0) is 21.1. The number of ketones is 2. The Morgan fingerprint density at radius 2 is 1.69 bits per heavy atom. The lowest BCUT2D eigenvalue weighted by molar-refractivity contribution is 0.0974. The van der Waals surface area contributed by atoms with E-state index in [1.54, 1.807) is 25.3 Å². The summed E-state index contributed by atoms with van der Waals surface area (Å²) in [6.45, 7) is 2.23. The smallest absolute Gasteiger partial charge is 0.229 e. The van der Waals surface area contributed by atoms with Crippen molar-refractivity contribution in [3.63, 3.8) is 0 Å². The second-order valence-corrected chi connectivity index (χ2v) is 7.58. The SMILES string of the molecule is CCCCCCCCCCCC(O)C=Cc1cc2c(nn1)C(=O)C(NC)=CC2=O. The van der Waals surface area contributed by atoms with Crippen LogP contribution in [0.1, 0.15) is 97.7 Å². The second-order valence-electron chi connectivity index (χ2n) is 7.58. The first-order chi connectivity index (χ1) is 14.1. The fourth-order valence-corrected chi connectivity index (χ4v) is 3.40. The van der Waals surface area contributed by atoms with Crippen molar-refractivity contribution in [1.82, 2.24) is 15.5 Å². The summed E-state index contributed by atoms with van der Waals surface area (Å²) < 4.78 is 0. The summed E-state index contributed by atoms with van der Waals surface area (Å²) in [7, 11) is 1.58. The Bertz CT molecular complexity index is 756. The molecule has 158 valence electrons. The highest BCUT2D eigenvalue weighted by molar-refractivity contribution is 6.23. The molecule has 29 heavy (non-hydrogen) atoms. The van der Waals surface area contributed by atoms with Crippen LogP contribution in [0.3, 0.4) is 0 Å². The van der Waals surface area contributed by atoms with Crippen LogP contribution in [0.2, 0.25) is 0 Å². The van der Waals surface area contributed by atoms with Gasteiger partial charge in [0.15, 0.2) is 5.78 Å². The van der Waals surface area contributed by atoms with Gasteiger partial charge in [-0.25, -0.2) is 0 Å². The van der Waals surface area contributed by atoms with Gasteiger partial charge >= 0.3 is 0 Å². The number of nitrogens with zero attached hydrogens (tertiary/aromatic N) is 2. The molecule has 1 aliphatic carbocycles. The first-order valence-corrected chi connectivity index (χ1v) is 10.8. The summed E-state index contributed by atoms with van der Waals surface area (Å²) in [6.07, 6.45) is 16.0. The number of carbonyl (C=O) groups excluding carboxylic acids is 2. The number of hydrogen-bond donors (Lipinski definition) is 2. The molecule has 0 saturated carbocycles. The summed E-state index contributed by atoms with van der Waals surface area (Å²) in [5.41, 5.74) is 0.986. The van der Waals surface area contributed by atoms with Gasteiger partial charge in [0.05, 0.1) is 23.1 Å². The largest absolute Gasteiger partial charge is 0.389 e. The molecule has 6 nitrogen and oxygen atoms in total. The molecule has 2 rings (SSSR count). The molecule has 0 bridgehead atoms. The van der Waals surface area contributed by atoms with Gasteiger partial charge in [0.2, 0.25) is 5.78 Å². The fraction of sp³-hybridized carbons (Fsp3) is 0.565. The topological polar surface area (TPSA) is 92.2 Å². The summed E-state index contributed by atoms with van der Waals surface area (Å²) in [6, 6.07) is 1.55. The first-order valence-electron chi connectivity index (χ1n) is 10.8. The number of rotatable bonds is 13. The van der Waals surface area contributed by atoms with Gasteiger partial charge in [0, 0.05) is 13.1 Å². The average molecular weight is 400 g/mol. The zero-order valence-corrected chi connectivity index (χ0v) is 17.6. The molecule has 0 saturated heterocycles. The lowest BCUT2D eigenvalue weighted by atomic mass is 9.97. The monoisotopic (exact) mass is 399 g/mol. The minimum Gasteiger partial charge on any atom is -0.389 e. The van der Waals surface area contributed by atoms with Crippen LogP contribution in [-0.2, 0) is 0 Å². The van der Waals surface area contributed by atoms with E-state index in [-0.39, 0.29) is 28.5 Å². The Labute approximate surface area is 173 Å². The number of Topliss-reactive ketones (excluding diaryl/α,β-unsaturated/α-hetero) is 1. The van der Waals surface area contributed by atoms with E-state index in [1.807, 2.05) is 0 Å². The number of nitrogens with one attached hydrogen (secondary N) is 1. The number of likely N-dealkylation sites (N-methyl/N-ethyl adjacent to an activating group) is 1. The standard InChI is InChI=1S/C23H33N3O3/c1-3-4-5-6-7-8-9-10-11-12-18(27)14-13-17-15-19-21(28)16-20(24-2)23(29)22(19)26-25-17/h13-16,18,24,27H,3-12H2,1-2H3. The third-order valence-electron chi connectivity index (χ3n) is 5.18. The predicted molar refractivity (Wildman–Crippen MR) is 115 cm³/mol. The van der Waals surface area contributed by atoms with Gasteiger partial charge in [-0.2, -0.15) is 5.10 Å². The lowest BCUT2D eigenvalue weighted by Crippen LogP contribution is -2.26. The van der Waals surface area contributed by atoms with Crippen molar-refractivity contribution in [2.24, 2.45) is 0 Å². The van der Waals surface area contributed by atoms with Gasteiger partial charge in [0.1, 0.15) is 5.69 Å². The number of fused-ring (bicyclic) bond motifs is 1. The normalized spacial score (nSPS) is 14.8. The van der Waals surface area contributed by atoms with Gasteiger partial charge < -0.3 is 10.4 Å². The van der Waals surface area contributed by atoms with Crippen LogP contribution < -0.4 is 5.32 Å². The van der Waals surface area contributed by atoms with Crippen LogP contribution in [0.15, 0.2) is 23.9 Å². The van der Waals surface area contributed by atoms with Crippen LogP contribution >= 0.6 is 0 Å². The van der Waals surface area contributed by atoms with E-state index in [0.29, 0.717) is 12.1 Å². The Morgan fingerprint density at radius 1 is 1.03 bits per heavy atom. The Morgan fingerprint density at radius 3 is 2.34 bits per heavy atom. The van der Waals surface area contributed by atoms with Gasteiger partial charge in [0.25, 0.3) is 0 Å². The molecular formula is C23H33N3O3. The molecule has 0 aliphatic heterocycles. The molecule has 6 heteroatoms. The van der Waals surface area contributed by atoms with E-state index in [9.17, 15) is 14.7 Å². The van der Waals surface area contributed by atoms with Crippen molar-refractivity contribution in [2.75, 3.05) is 7.05 Å². The fourth-order valence-electron chi connectivity index (χ4n) is 3.40. The Kier molecular flexibility index (Phi) is 9.71. The molecule has 0 aromatic carbocycles. The van der Waals surface area contributed by atoms with Crippen LogP contribution in [-0.4, -0.2) is 40.0 Å². The molecule has 0 amide bonds. The number of unbranched alkanes of at least 4 members (excludes halogenated alkanes) is 8. The molecule has 1 aromatic heterocycles. The summed E-state index contributed by atoms with van der Waals surface area (Å²) in [5.74, 6) is -0.612. The Balaban J connectivity index is 1.75. The van der Waals surface area contributed by atoms with Gasteiger partial charge in [-0.05, 0) is 18.6 Å². The minimum atomic E-state index is -0.550. The molecule has 0 spiro atoms. The number of hydrogen-bond acceptors (Lipinski definition) is 6. The third-order valence-corrected chi connectivity index (χ3v) is 5.18. The van der Waals surface area contributed by atoms with Crippen molar-refractivity contribution in [3.8, 4) is 0 Å². The predicted octanol–water partition coefficient (Wildman–Crippen LogP) is 4.25. The number of aromatic nitrogens is 2. The highest BCUT2D eigenvalue weighted by Gasteiger charge is 2.27. The van der Waals surface area contributed by atoms with Crippen LogP contribution in [0, 0.1) is 0 Å². The van der Waals surface area contributed by atoms with Crippen molar-refractivity contribution in [3.05, 3.63) is 40.9 Å². The third kappa shape index (κ3) is 7.20. The molecule has 1 aliphatic rings. The van der Waals surface area contributed by atoms with Gasteiger partial charge in [-0.15, -0.1) is 5.10 Å². The molecule has 1 heterocycles. The van der Waals surface area contributed by atoms with Gasteiger partial charge in [-0.1, -0.05) is 70.8 Å². The minimum absolute atomic E-state index is 0.0641. The number of aliphatic hydroxyl groups excluding tert-OH is 1. The molecule has 1 atom stereocenters. The van der Waals surface area contributed by atoms with E-state index in [2.05, 4.69) is 22.4 Å². The molecule has 1 aromatic rings. The maximum Gasteiger partial charge on any atom is 0.229 e. The lowest BCUT2D eigenvalue weighted by Gasteiger charge is -2.13. The van der Waals surface area contributed by atoms with Crippen LogP contribution in [0.4, 0.5) is 0 Å². The van der Waals surface area contributed by atoms with E-state index in [1.165, 1.54) is 51.0 Å². The molecule has 2 N–H and O–H groups in total. The number of carbonyl (C=O) groups is 2. The van der Waals surface area contributed by atoms with Crippen molar-refractivity contribution in [2.45, 2.75) is 77.2 Å². The van der Waals surface area contributed by atoms with E-state index < -0.39 is 6.10 Å². The highest BCUT2D eigenvalue weighted by Crippen LogP contribution is 2.19. The van der Waals surface area contributed by atoms with Crippen molar-refractivity contribution in [1.29, 1.82) is 0 Å². The highest BCUT2D eigenvalue weighted by atomic mass is 16.3. The maximum absolute atomic E-state index is 12.2. The average Bonchev–Trinajstić information content (AvgIpc) is 2.73. The first kappa shape index (κ1) is 22.9. The molecule has 1 unspecified atom stereocenters. The summed E-state index contributed by atoms with van der Waals surface area (Å²) >= 11 is 0. The quantitative estimate of drug-likeness (QED) is 0.482. The molecule has 0 fully saturated rings. The molecule has 0 radical (unpaired) electrons. The maximum atomic E-state index is 12.2. The van der Waals surface area contributed by atoms with Crippen molar-refractivity contribution < 1.29 is 14.7 Å². The molecular weight excluding hydrogens is 366 g/mol. The van der Waals surface area contributed by atoms with Crippen molar-refractivity contribution >= 4 is 17.6 Å². The van der Waals surface area contributed by atoms with Crippen LogP contribution in [0.25, 0.3) is 6.08 Å². The van der Waals surface area contributed by atoms with E-state index in [0.717, 1.165) is 12.8 Å². The summed E-state index contributed by atoms with van der Waals surface area (Å²) in [5, 5.41) is 20.7.